The molecule has 6 heteroatoms. The van der Waals surface area contributed by atoms with Gasteiger partial charge in [-0.3, -0.25) is 4.79 Å². The molecule has 3 amide bonds. The van der Waals surface area contributed by atoms with E-state index in [0.29, 0.717) is 37.1 Å². The first-order valence-corrected chi connectivity index (χ1v) is 9.40. The van der Waals surface area contributed by atoms with Gasteiger partial charge in [-0.15, -0.1) is 0 Å². The van der Waals surface area contributed by atoms with Crippen molar-refractivity contribution in [3.8, 4) is 0 Å². The summed E-state index contributed by atoms with van der Waals surface area (Å²) in [6.45, 7) is 3.79. The number of carbonyl (C=O) groups is 2. The van der Waals surface area contributed by atoms with E-state index in [-0.39, 0.29) is 11.9 Å². The molecule has 0 aliphatic heterocycles. The summed E-state index contributed by atoms with van der Waals surface area (Å²) in [7, 11) is 1.61. The first-order chi connectivity index (χ1) is 12.5. The maximum atomic E-state index is 11.7. The summed E-state index contributed by atoms with van der Waals surface area (Å²) in [5.74, 6) is 0.744. The molecular formula is C20H31N3O3. The lowest BCUT2D eigenvalue weighted by Gasteiger charge is -2.29. The van der Waals surface area contributed by atoms with E-state index in [1.807, 2.05) is 25.1 Å². The summed E-state index contributed by atoms with van der Waals surface area (Å²) in [5, 5.41) is 5.71. The zero-order chi connectivity index (χ0) is 18.9. The number of benzene rings is 1. The summed E-state index contributed by atoms with van der Waals surface area (Å²) >= 11 is 0. The maximum Gasteiger partial charge on any atom is 0.314 e. The SMILES string of the molecule is COCCNC(=O)NCC1CCC(Cc2c(C)cccc2C(N)=O)CC1. The Morgan fingerprint density at radius 2 is 1.85 bits per heavy atom. The van der Waals surface area contributed by atoms with Crippen molar-refractivity contribution in [2.45, 2.75) is 39.0 Å². The number of aryl methyl sites for hydroxylation is 1. The second-order valence-corrected chi connectivity index (χ2v) is 7.19. The summed E-state index contributed by atoms with van der Waals surface area (Å²) in [5.41, 5.74) is 8.42. The highest BCUT2D eigenvalue weighted by Gasteiger charge is 2.23. The van der Waals surface area contributed by atoms with Gasteiger partial charge in [-0.05, 0) is 68.1 Å². The van der Waals surface area contributed by atoms with Gasteiger partial charge in [0.2, 0.25) is 5.91 Å². The highest BCUT2D eigenvalue weighted by Crippen LogP contribution is 2.32. The van der Waals surface area contributed by atoms with Crippen LogP contribution in [0.2, 0.25) is 0 Å². The number of hydrogen-bond donors (Lipinski definition) is 3. The fourth-order valence-corrected chi connectivity index (χ4v) is 3.70. The molecule has 0 aromatic heterocycles. The van der Waals surface area contributed by atoms with E-state index in [9.17, 15) is 9.59 Å². The van der Waals surface area contributed by atoms with Gasteiger partial charge in [0, 0.05) is 25.8 Å². The second kappa shape index (κ2) is 10.2. The van der Waals surface area contributed by atoms with Crippen molar-refractivity contribution in [2.24, 2.45) is 17.6 Å². The third-order valence-electron chi connectivity index (χ3n) is 5.28. The molecule has 0 radical (unpaired) electrons. The molecule has 1 aromatic carbocycles. The molecule has 0 saturated heterocycles. The van der Waals surface area contributed by atoms with E-state index in [1.54, 1.807) is 7.11 Å². The molecule has 144 valence electrons. The minimum absolute atomic E-state index is 0.129. The lowest BCUT2D eigenvalue weighted by molar-refractivity contribution is 0.0999. The maximum absolute atomic E-state index is 11.7. The summed E-state index contributed by atoms with van der Waals surface area (Å²) < 4.78 is 4.91. The average molecular weight is 361 g/mol. The van der Waals surface area contributed by atoms with Gasteiger partial charge in [0.1, 0.15) is 0 Å². The lowest BCUT2D eigenvalue weighted by atomic mass is 9.78. The molecule has 0 atom stereocenters. The zero-order valence-corrected chi connectivity index (χ0v) is 15.8. The summed E-state index contributed by atoms with van der Waals surface area (Å²) in [6.07, 6.45) is 5.33. The summed E-state index contributed by atoms with van der Waals surface area (Å²) in [6, 6.07) is 5.62. The number of hydrogen-bond acceptors (Lipinski definition) is 3. The molecule has 1 fully saturated rings. The molecule has 2 rings (SSSR count). The quantitative estimate of drug-likeness (QED) is 0.621. The number of rotatable bonds is 8. The molecule has 0 heterocycles. The Bertz CT molecular complexity index is 610. The minimum atomic E-state index is -0.346. The van der Waals surface area contributed by atoms with Crippen LogP contribution in [0.3, 0.4) is 0 Å². The number of nitrogens with two attached hydrogens (primary N) is 1. The van der Waals surface area contributed by atoms with Crippen molar-refractivity contribution in [3.63, 3.8) is 0 Å². The van der Waals surface area contributed by atoms with Crippen LogP contribution in [0, 0.1) is 18.8 Å². The Hall–Kier alpha value is -2.08. The molecule has 1 aromatic rings. The Balaban J connectivity index is 1.77. The normalized spacial score (nSPS) is 19.8. The van der Waals surface area contributed by atoms with Crippen LogP contribution in [0.5, 0.6) is 0 Å². The van der Waals surface area contributed by atoms with Crippen molar-refractivity contribution in [1.29, 1.82) is 0 Å². The number of ether oxygens (including phenoxy) is 1. The topological polar surface area (TPSA) is 93.4 Å². The van der Waals surface area contributed by atoms with Gasteiger partial charge in [0.25, 0.3) is 0 Å². The molecular weight excluding hydrogens is 330 g/mol. The second-order valence-electron chi connectivity index (χ2n) is 7.19. The van der Waals surface area contributed by atoms with Crippen LogP contribution < -0.4 is 16.4 Å². The van der Waals surface area contributed by atoms with Crippen LogP contribution in [0.1, 0.15) is 47.2 Å². The van der Waals surface area contributed by atoms with Crippen LogP contribution >= 0.6 is 0 Å². The van der Waals surface area contributed by atoms with Crippen LogP contribution in [0.4, 0.5) is 4.79 Å². The van der Waals surface area contributed by atoms with Gasteiger partial charge in [-0.2, -0.15) is 0 Å². The van der Waals surface area contributed by atoms with Crippen LogP contribution in [0.15, 0.2) is 18.2 Å². The Kier molecular flexibility index (Phi) is 7.91. The smallest absolute Gasteiger partial charge is 0.314 e. The van der Waals surface area contributed by atoms with Gasteiger partial charge < -0.3 is 21.1 Å². The van der Waals surface area contributed by atoms with Gasteiger partial charge in [0.15, 0.2) is 0 Å². The van der Waals surface area contributed by atoms with E-state index in [4.69, 9.17) is 10.5 Å². The Labute approximate surface area is 155 Å². The van der Waals surface area contributed by atoms with Crippen molar-refractivity contribution < 1.29 is 14.3 Å². The molecule has 1 saturated carbocycles. The molecule has 4 N–H and O–H groups in total. The fourth-order valence-electron chi connectivity index (χ4n) is 3.70. The molecule has 1 aliphatic carbocycles. The van der Waals surface area contributed by atoms with Gasteiger partial charge in [0.05, 0.1) is 6.61 Å². The van der Waals surface area contributed by atoms with Crippen molar-refractivity contribution >= 4 is 11.9 Å². The molecule has 6 nitrogen and oxygen atoms in total. The third kappa shape index (κ3) is 6.02. The van der Waals surface area contributed by atoms with Gasteiger partial charge in [-0.25, -0.2) is 4.79 Å². The monoisotopic (exact) mass is 361 g/mol. The molecule has 0 spiro atoms. The third-order valence-corrected chi connectivity index (χ3v) is 5.28. The van der Waals surface area contributed by atoms with E-state index >= 15 is 0 Å². The van der Waals surface area contributed by atoms with Crippen LogP contribution in [-0.2, 0) is 11.2 Å². The van der Waals surface area contributed by atoms with Crippen molar-refractivity contribution in [2.75, 3.05) is 26.8 Å². The van der Waals surface area contributed by atoms with E-state index in [1.165, 1.54) is 0 Å². The average Bonchev–Trinajstić information content (AvgIpc) is 2.63. The van der Waals surface area contributed by atoms with Crippen LogP contribution in [-0.4, -0.2) is 38.7 Å². The number of primary amides is 1. The van der Waals surface area contributed by atoms with E-state index in [2.05, 4.69) is 10.6 Å². The predicted octanol–water partition coefficient (Wildman–Crippen LogP) is 2.39. The number of urea groups is 1. The number of carbonyl (C=O) groups excluding carboxylic acids is 2. The standard InChI is InChI=1S/C20H31N3O3/c1-14-4-3-5-17(19(21)24)18(14)12-15-6-8-16(9-7-15)13-23-20(25)22-10-11-26-2/h3-5,15-16H,6-13H2,1-2H3,(H2,21,24)(H2,22,23,25). The van der Waals surface area contributed by atoms with Crippen molar-refractivity contribution in [3.05, 3.63) is 34.9 Å². The molecule has 0 unspecified atom stereocenters. The molecule has 26 heavy (non-hydrogen) atoms. The fraction of sp³-hybridized carbons (Fsp3) is 0.600. The predicted molar refractivity (Wildman–Crippen MR) is 102 cm³/mol. The van der Waals surface area contributed by atoms with Gasteiger partial charge in [-0.1, -0.05) is 12.1 Å². The van der Waals surface area contributed by atoms with E-state index in [0.717, 1.165) is 43.2 Å². The zero-order valence-electron chi connectivity index (χ0n) is 15.8. The van der Waals surface area contributed by atoms with E-state index < -0.39 is 0 Å². The summed E-state index contributed by atoms with van der Waals surface area (Å²) in [4.78, 5) is 23.4. The lowest BCUT2D eigenvalue weighted by Crippen LogP contribution is -2.40. The number of methoxy groups -OCH3 is 1. The minimum Gasteiger partial charge on any atom is -0.383 e. The Morgan fingerprint density at radius 1 is 1.15 bits per heavy atom. The highest BCUT2D eigenvalue weighted by molar-refractivity contribution is 5.94. The largest absolute Gasteiger partial charge is 0.383 e. The van der Waals surface area contributed by atoms with Crippen molar-refractivity contribution in [1.82, 2.24) is 10.6 Å². The Morgan fingerprint density at radius 3 is 2.50 bits per heavy atom. The van der Waals surface area contributed by atoms with Crippen LogP contribution in [0.25, 0.3) is 0 Å². The number of nitrogens with one attached hydrogen (secondary N) is 2. The number of amides is 3. The molecule has 1 aliphatic rings. The first kappa shape index (κ1) is 20.2. The highest BCUT2D eigenvalue weighted by atomic mass is 16.5. The molecule has 0 bridgehead atoms. The first-order valence-electron chi connectivity index (χ1n) is 9.40. The van der Waals surface area contributed by atoms with Gasteiger partial charge >= 0.3 is 6.03 Å².